The summed E-state index contributed by atoms with van der Waals surface area (Å²) in [6.07, 6.45) is 3.08. The summed E-state index contributed by atoms with van der Waals surface area (Å²) in [6, 6.07) is 12.5. The number of rotatable bonds is 9. The normalized spacial score (nSPS) is 16.0. The number of carbonyl (C=O) groups excluding carboxylic acids is 1. The summed E-state index contributed by atoms with van der Waals surface area (Å²) in [6.45, 7) is 1.66. The maximum Gasteiger partial charge on any atom is 0.224 e. The van der Waals surface area contributed by atoms with Crippen LogP contribution in [0.1, 0.15) is 25.7 Å². The van der Waals surface area contributed by atoms with Crippen molar-refractivity contribution in [2.45, 2.75) is 31.8 Å². The average Bonchev–Trinajstić information content (AvgIpc) is 3.19. The molecule has 1 aliphatic rings. The van der Waals surface area contributed by atoms with Gasteiger partial charge in [-0.15, -0.1) is 0 Å². The lowest BCUT2D eigenvalue weighted by atomic mass is 10.2. The Hall–Kier alpha value is -1.95. The quantitative estimate of drug-likeness (QED) is 0.552. The second-order valence-electron chi connectivity index (χ2n) is 6.52. The van der Waals surface area contributed by atoms with Gasteiger partial charge in [0.15, 0.2) is 0 Å². The number of halogens is 2. The van der Waals surface area contributed by atoms with Crippen molar-refractivity contribution in [3.05, 3.63) is 52.5 Å². The Morgan fingerprint density at radius 1 is 1.14 bits per heavy atom. The highest BCUT2D eigenvalue weighted by atomic mass is 35.5. The Morgan fingerprint density at radius 2 is 2.00 bits per heavy atom. The number of para-hydroxylation sites is 2. The van der Waals surface area contributed by atoms with E-state index in [1.165, 1.54) is 0 Å². The van der Waals surface area contributed by atoms with Gasteiger partial charge < -0.3 is 19.5 Å². The molecule has 1 aliphatic heterocycles. The van der Waals surface area contributed by atoms with E-state index in [9.17, 15) is 4.79 Å². The summed E-state index contributed by atoms with van der Waals surface area (Å²) < 4.78 is 17.0. The Bertz CT molecular complexity index is 794. The lowest BCUT2D eigenvalue weighted by Gasteiger charge is -2.15. The molecule has 3 rings (SSSR count). The third-order valence-corrected chi connectivity index (χ3v) is 4.84. The summed E-state index contributed by atoms with van der Waals surface area (Å²) in [5.74, 6) is 1.11. The van der Waals surface area contributed by atoms with Crippen molar-refractivity contribution in [3.8, 4) is 11.5 Å². The van der Waals surface area contributed by atoms with Gasteiger partial charge in [-0.3, -0.25) is 4.79 Å². The standard InChI is InChI=1S/C21H23Cl2NO4/c22-15-9-10-19(17(23)13-15)27-12-4-8-21(25)24-18-6-1-2-7-20(18)28-14-16-5-3-11-26-16/h1-2,6-7,9-10,13,16H,3-5,8,11-12,14H2,(H,24,25). The van der Waals surface area contributed by atoms with Crippen molar-refractivity contribution in [2.75, 3.05) is 25.1 Å². The van der Waals surface area contributed by atoms with Gasteiger partial charge in [-0.25, -0.2) is 0 Å². The van der Waals surface area contributed by atoms with Crippen LogP contribution in [0.4, 0.5) is 5.69 Å². The first-order valence-electron chi connectivity index (χ1n) is 9.33. The van der Waals surface area contributed by atoms with E-state index in [-0.39, 0.29) is 12.0 Å². The fourth-order valence-electron chi connectivity index (χ4n) is 2.87. The minimum Gasteiger partial charge on any atom is -0.492 e. The lowest BCUT2D eigenvalue weighted by Crippen LogP contribution is -2.18. The van der Waals surface area contributed by atoms with Crippen LogP contribution in [0.15, 0.2) is 42.5 Å². The maximum absolute atomic E-state index is 12.3. The summed E-state index contributed by atoms with van der Waals surface area (Å²) in [7, 11) is 0. The molecule has 1 amide bonds. The van der Waals surface area contributed by atoms with E-state index in [2.05, 4.69) is 5.32 Å². The van der Waals surface area contributed by atoms with E-state index in [1.54, 1.807) is 18.2 Å². The van der Waals surface area contributed by atoms with E-state index in [0.717, 1.165) is 19.4 Å². The molecule has 0 bridgehead atoms. The van der Waals surface area contributed by atoms with E-state index >= 15 is 0 Å². The second-order valence-corrected chi connectivity index (χ2v) is 7.36. The summed E-state index contributed by atoms with van der Waals surface area (Å²) >= 11 is 11.9. The van der Waals surface area contributed by atoms with Gasteiger partial charge in [0.1, 0.15) is 18.1 Å². The zero-order valence-electron chi connectivity index (χ0n) is 15.5. The van der Waals surface area contributed by atoms with Gasteiger partial charge in [0.2, 0.25) is 5.91 Å². The lowest BCUT2D eigenvalue weighted by molar-refractivity contribution is -0.116. The largest absolute Gasteiger partial charge is 0.492 e. The molecule has 1 fully saturated rings. The Kier molecular flexibility index (Phi) is 7.83. The van der Waals surface area contributed by atoms with E-state index in [4.69, 9.17) is 37.4 Å². The minimum absolute atomic E-state index is 0.0982. The number of carbonyl (C=O) groups is 1. The van der Waals surface area contributed by atoms with Crippen molar-refractivity contribution >= 4 is 34.8 Å². The molecule has 1 heterocycles. The maximum atomic E-state index is 12.3. The molecular formula is C21H23Cl2NO4. The molecule has 1 unspecified atom stereocenters. The molecule has 0 saturated carbocycles. The predicted octanol–water partition coefficient (Wildman–Crippen LogP) is 5.35. The molecule has 1 atom stereocenters. The van der Waals surface area contributed by atoms with Crippen LogP contribution in [0.5, 0.6) is 11.5 Å². The van der Waals surface area contributed by atoms with Crippen LogP contribution in [0.3, 0.4) is 0 Å². The van der Waals surface area contributed by atoms with Crippen molar-refractivity contribution in [1.82, 2.24) is 0 Å². The smallest absolute Gasteiger partial charge is 0.224 e. The first-order valence-corrected chi connectivity index (χ1v) is 10.1. The second kappa shape index (κ2) is 10.6. The highest BCUT2D eigenvalue weighted by Gasteiger charge is 2.17. The van der Waals surface area contributed by atoms with Crippen LogP contribution in [-0.4, -0.2) is 31.8 Å². The highest BCUT2D eigenvalue weighted by Crippen LogP contribution is 2.28. The van der Waals surface area contributed by atoms with Gasteiger partial charge >= 0.3 is 0 Å². The molecule has 0 aliphatic carbocycles. The first-order chi connectivity index (χ1) is 13.6. The van der Waals surface area contributed by atoms with Gasteiger partial charge in [-0.1, -0.05) is 35.3 Å². The Balaban J connectivity index is 1.43. The number of benzene rings is 2. The van der Waals surface area contributed by atoms with Gasteiger partial charge in [0, 0.05) is 18.1 Å². The number of ether oxygens (including phenoxy) is 3. The summed E-state index contributed by atoms with van der Waals surface area (Å²) in [5, 5.41) is 3.91. The SMILES string of the molecule is O=C(CCCOc1ccc(Cl)cc1Cl)Nc1ccccc1OCC1CCCO1. The van der Waals surface area contributed by atoms with Crippen LogP contribution in [-0.2, 0) is 9.53 Å². The third-order valence-electron chi connectivity index (χ3n) is 4.31. The molecule has 0 radical (unpaired) electrons. The van der Waals surface area contributed by atoms with Gasteiger partial charge in [-0.05, 0) is 49.6 Å². The topological polar surface area (TPSA) is 56.8 Å². The zero-order chi connectivity index (χ0) is 19.8. The van der Waals surface area contributed by atoms with E-state index in [1.807, 2.05) is 24.3 Å². The molecule has 0 spiro atoms. The molecule has 0 aromatic heterocycles. The number of anilines is 1. The molecule has 1 N–H and O–H groups in total. The molecule has 7 heteroatoms. The van der Waals surface area contributed by atoms with Crippen molar-refractivity contribution < 1.29 is 19.0 Å². The van der Waals surface area contributed by atoms with Crippen molar-refractivity contribution in [1.29, 1.82) is 0 Å². The molecule has 2 aromatic rings. The molecule has 2 aromatic carbocycles. The average molecular weight is 424 g/mol. The van der Waals surface area contributed by atoms with Crippen LogP contribution < -0.4 is 14.8 Å². The minimum atomic E-state index is -0.0982. The molecule has 1 saturated heterocycles. The summed E-state index contributed by atoms with van der Waals surface area (Å²) in [4.78, 5) is 12.3. The fraction of sp³-hybridized carbons (Fsp3) is 0.381. The Morgan fingerprint density at radius 3 is 2.79 bits per heavy atom. The first kappa shape index (κ1) is 20.8. The number of nitrogens with one attached hydrogen (secondary N) is 1. The monoisotopic (exact) mass is 423 g/mol. The van der Waals surface area contributed by atoms with Crippen LogP contribution in [0.2, 0.25) is 10.0 Å². The van der Waals surface area contributed by atoms with Crippen LogP contribution in [0.25, 0.3) is 0 Å². The molecule has 150 valence electrons. The molecule has 5 nitrogen and oxygen atoms in total. The molecule has 28 heavy (non-hydrogen) atoms. The fourth-order valence-corrected chi connectivity index (χ4v) is 3.34. The van der Waals surface area contributed by atoms with Crippen LogP contribution >= 0.6 is 23.2 Å². The third kappa shape index (κ3) is 6.30. The van der Waals surface area contributed by atoms with Gasteiger partial charge in [-0.2, -0.15) is 0 Å². The van der Waals surface area contributed by atoms with Gasteiger partial charge in [0.05, 0.1) is 23.4 Å². The van der Waals surface area contributed by atoms with Crippen molar-refractivity contribution in [2.24, 2.45) is 0 Å². The van der Waals surface area contributed by atoms with Gasteiger partial charge in [0.25, 0.3) is 0 Å². The number of hydrogen-bond acceptors (Lipinski definition) is 4. The highest BCUT2D eigenvalue weighted by molar-refractivity contribution is 6.35. The molecular weight excluding hydrogens is 401 g/mol. The number of hydrogen-bond donors (Lipinski definition) is 1. The number of amides is 1. The van der Waals surface area contributed by atoms with Crippen LogP contribution in [0, 0.1) is 0 Å². The van der Waals surface area contributed by atoms with Crippen molar-refractivity contribution in [3.63, 3.8) is 0 Å². The zero-order valence-corrected chi connectivity index (χ0v) is 17.0. The predicted molar refractivity (Wildman–Crippen MR) is 111 cm³/mol. The van der Waals surface area contributed by atoms with E-state index < -0.39 is 0 Å². The summed E-state index contributed by atoms with van der Waals surface area (Å²) in [5.41, 5.74) is 0.659. The Labute approximate surface area is 174 Å². The van der Waals surface area contributed by atoms with E-state index in [0.29, 0.717) is 53.3 Å².